The van der Waals surface area contributed by atoms with Crippen molar-refractivity contribution in [2.75, 3.05) is 13.2 Å². The molecule has 0 N–H and O–H groups in total. The molecule has 0 saturated carbocycles. The molecule has 1 fully saturated rings. The molecule has 1 amide bonds. The van der Waals surface area contributed by atoms with Crippen LogP contribution in [0.4, 0.5) is 0 Å². The number of carbonyl (C=O) groups is 1. The predicted octanol–water partition coefficient (Wildman–Crippen LogP) is 1.12. The van der Waals surface area contributed by atoms with Crippen molar-refractivity contribution in [2.24, 2.45) is 0 Å². The van der Waals surface area contributed by atoms with Gasteiger partial charge in [0.25, 0.3) is 0 Å². The van der Waals surface area contributed by atoms with Crippen LogP contribution in [0.3, 0.4) is 0 Å². The van der Waals surface area contributed by atoms with Gasteiger partial charge in [-0.15, -0.1) is 6.58 Å². The summed E-state index contributed by atoms with van der Waals surface area (Å²) in [6, 6.07) is 0. The molecule has 0 atom stereocenters. The highest BCUT2D eigenvalue weighted by Gasteiger charge is 2.17. The molecule has 3 heteroatoms. The van der Waals surface area contributed by atoms with Crippen molar-refractivity contribution in [1.29, 1.82) is 0 Å². The molecule has 0 spiro atoms. The fourth-order valence-corrected chi connectivity index (χ4v) is 0.994. The second kappa shape index (κ2) is 4.13. The van der Waals surface area contributed by atoms with Crippen molar-refractivity contribution in [3.8, 4) is 0 Å². The second-order valence-electron chi connectivity index (χ2n) is 2.51. The summed E-state index contributed by atoms with van der Waals surface area (Å²) in [4.78, 5) is 16.2. The van der Waals surface area contributed by atoms with Gasteiger partial charge >= 0.3 is 0 Å². The van der Waals surface area contributed by atoms with Crippen LogP contribution in [-0.2, 0) is 9.63 Å². The Hall–Kier alpha value is -0.830. The van der Waals surface area contributed by atoms with E-state index in [0.29, 0.717) is 13.0 Å². The monoisotopic (exact) mass is 155 g/mol. The van der Waals surface area contributed by atoms with Crippen molar-refractivity contribution in [3.63, 3.8) is 0 Å². The molecular weight excluding hydrogens is 142 g/mol. The van der Waals surface area contributed by atoms with Gasteiger partial charge in [0, 0.05) is 6.42 Å². The first kappa shape index (κ1) is 8.27. The third-order valence-electron chi connectivity index (χ3n) is 1.59. The molecule has 0 aromatic heterocycles. The van der Waals surface area contributed by atoms with Gasteiger partial charge in [-0.2, -0.15) is 0 Å². The molecular formula is C8H13NO2. The number of hydrogen-bond donors (Lipinski definition) is 0. The Bertz CT molecular complexity index is 150. The minimum absolute atomic E-state index is 0.0717. The van der Waals surface area contributed by atoms with Gasteiger partial charge in [0.15, 0.2) is 0 Å². The Morgan fingerprint density at radius 1 is 1.73 bits per heavy atom. The van der Waals surface area contributed by atoms with Crippen molar-refractivity contribution in [1.82, 2.24) is 5.06 Å². The Labute approximate surface area is 66.6 Å². The van der Waals surface area contributed by atoms with E-state index in [2.05, 4.69) is 6.58 Å². The zero-order valence-electron chi connectivity index (χ0n) is 6.58. The first-order chi connectivity index (χ1) is 5.34. The van der Waals surface area contributed by atoms with E-state index in [9.17, 15) is 4.79 Å². The van der Waals surface area contributed by atoms with Crippen molar-refractivity contribution in [3.05, 3.63) is 12.7 Å². The topological polar surface area (TPSA) is 29.5 Å². The number of hydrogen-bond acceptors (Lipinski definition) is 2. The van der Waals surface area contributed by atoms with Crippen LogP contribution in [0.15, 0.2) is 12.7 Å². The van der Waals surface area contributed by atoms with E-state index in [1.807, 2.05) is 0 Å². The summed E-state index contributed by atoms with van der Waals surface area (Å²) in [5.74, 6) is 0.0717. The number of rotatable bonds is 3. The zero-order valence-corrected chi connectivity index (χ0v) is 6.58. The summed E-state index contributed by atoms with van der Waals surface area (Å²) in [5.41, 5.74) is 0. The van der Waals surface area contributed by atoms with Gasteiger partial charge in [0.1, 0.15) is 0 Å². The van der Waals surface area contributed by atoms with Gasteiger partial charge in [0.2, 0.25) is 5.91 Å². The summed E-state index contributed by atoms with van der Waals surface area (Å²) in [6.07, 6.45) is 3.95. The molecule has 0 aliphatic carbocycles. The quantitative estimate of drug-likeness (QED) is 0.571. The standard InChI is InChI=1S/C8H13NO2/c1-2-3-5-8(10)9-6-4-7-11-9/h2H,1,3-7H2. The smallest absolute Gasteiger partial charge is 0.246 e. The molecule has 62 valence electrons. The lowest BCUT2D eigenvalue weighted by molar-refractivity contribution is -0.168. The number of allylic oxidation sites excluding steroid dienone is 1. The van der Waals surface area contributed by atoms with Crippen LogP contribution in [0.2, 0.25) is 0 Å². The van der Waals surface area contributed by atoms with Crippen LogP contribution in [0.5, 0.6) is 0 Å². The molecule has 1 aliphatic rings. The number of nitrogens with zero attached hydrogens (tertiary/aromatic N) is 1. The first-order valence-electron chi connectivity index (χ1n) is 3.89. The van der Waals surface area contributed by atoms with Crippen molar-refractivity contribution >= 4 is 5.91 Å². The molecule has 11 heavy (non-hydrogen) atoms. The van der Waals surface area contributed by atoms with Gasteiger partial charge in [-0.05, 0) is 12.8 Å². The van der Waals surface area contributed by atoms with Crippen molar-refractivity contribution < 1.29 is 9.63 Å². The lowest BCUT2D eigenvalue weighted by Gasteiger charge is -2.12. The largest absolute Gasteiger partial charge is 0.273 e. The summed E-state index contributed by atoms with van der Waals surface area (Å²) in [7, 11) is 0. The maximum atomic E-state index is 11.2. The van der Waals surface area contributed by atoms with Gasteiger partial charge in [-0.3, -0.25) is 9.63 Å². The number of hydroxylamine groups is 2. The van der Waals surface area contributed by atoms with E-state index >= 15 is 0 Å². The maximum absolute atomic E-state index is 11.2. The molecule has 1 saturated heterocycles. The van der Waals surface area contributed by atoms with E-state index < -0.39 is 0 Å². The molecule has 1 aliphatic heterocycles. The van der Waals surface area contributed by atoms with Crippen LogP contribution in [0, 0.1) is 0 Å². The van der Waals surface area contributed by atoms with E-state index in [4.69, 9.17) is 4.84 Å². The van der Waals surface area contributed by atoms with Gasteiger partial charge < -0.3 is 0 Å². The molecule has 0 aromatic rings. The summed E-state index contributed by atoms with van der Waals surface area (Å²) in [5, 5.41) is 1.45. The van der Waals surface area contributed by atoms with Crippen molar-refractivity contribution in [2.45, 2.75) is 19.3 Å². The highest BCUT2D eigenvalue weighted by molar-refractivity contribution is 5.75. The van der Waals surface area contributed by atoms with Crippen LogP contribution >= 0.6 is 0 Å². The lowest BCUT2D eigenvalue weighted by Crippen LogP contribution is -2.25. The normalized spacial score (nSPS) is 16.9. The molecule has 0 bridgehead atoms. The average Bonchev–Trinajstić information content (AvgIpc) is 2.52. The van der Waals surface area contributed by atoms with E-state index in [0.717, 1.165) is 19.4 Å². The van der Waals surface area contributed by atoms with Gasteiger partial charge in [-0.25, -0.2) is 5.06 Å². The van der Waals surface area contributed by atoms with Crippen LogP contribution in [0.1, 0.15) is 19.3 Å². The van der Waals surface area contributed by atoms with E-state index in [1.165, 1.54) is 5.06 Å². The van der Waals surface area contributed by atoms with Gasteiger partial charge in [-0.1, -0.05) is 6.08 Å². The third kappa shape index (κ3) is 2.35. The Morgan fingerprint density at radius 2 is 2.55 bits per heavy atom. The SMILES string of the molecule is C=CCCC(=O)N1CCCO1. The predicted molar refractivity (Wildman–Crippen MR) is 41.7 cm³/mol. The zero-order chi connectivity index (χ0) is 8.10. The summed E-state index contributed by atoms with van der Waals surface area (Å²) in [6.45, 7) is 4.97. The summed E-state index contributed by atoms with van der Waals surface area (Å²) < 4.78 is 0. The fraction of sp³-hybridized carbons (Fsp3) is 0.625. The first-order valence-corrected chi connectivity index (χ1v) is 3.89. The van der Waals surface area contributed by atoms with Crippen LogP contribution in [-0.4, -0.2) is 24.1 Å². The highest BCUT2D eigenvalue weighted by Crippen LogP contribution is 2.07. The minimum atomic E-state index is 0.0717. The lowest BCUT2D eigenvalue weighted by atomic mass is 10.3. The molecule has 1 heterocycles. The molecule has 3 nitrogen and oxygen atoms in total. The molecule has 0 unspecified atom stereocenters. The maximum Gasteiger partial charge on any atom is 0.246 e. The van der Waals surface area contributed by atoms with Crippen LogP contribution < -0.4 is 0 Å². The number of amides is 1. The number of carbonyl (C=O) groups excluding carboxylic acids is 1. The fourth-order valence-electron chi connectivity index (χ4n) is 0.994. The van der Waals surface area contributed by atoms with E-state index in [-0.39, 0.29) is 5.91 Å². The molecule has 1 rings (SSSR count). The summed E-state index contributed by atoms with van der Waals surface area (Å²) >= 11 is 0. The highest BCUT2D eigenvalue weighted by atomic mass is 16.7. The average molecular weight is 155 g/mol. The third-order valence-corrected chi connectivity index (χ3v) is 1.59. The second-order valence-corrected chi connectivity index (χ2v) is 2.51. The molecule has 0 radical (unpaired) electrons. The van der Waals surface area contributed by atoms with Crippen LogP contribution in [0.25, 0.3) is 0 Å². The van der Waals surface area contributed by atoms with E-state index in [1.54, 1.807) is 6.08 Å². The molecule has 0 aromatic carbocycles. The van der Waals surface area contributed by atoms with Gasteiger partial charge in [0.05, 0.1) is 13.2 Å². The Morgan fingerprint density at radius 3 is 3.09 bits per heavy atom. The minimum Gasteiger partial charge on any atom is -0.273 e. The Balaban J connectivity index is 2.22. The Kier molecular flexibility index (Phi) is 3.11.